The minimum absolute atomic E-state index is 0.00846. The number of hydrogen-bond acceptors (Lipinski definition) is 7. The van der Waals surface area contributed by atoms with E-state index in [4.69, 9.17) is 9.47 Å². The molecule has 1 aromatic rings. The van der Waals surface area contributed by atoms with Gasteiger partial charge in [0.25, 0.3) is 5.91 Å². The van der Waals surface area contributed by atoms with E-state index in [-0.39, 0.29) is 18.4 Å². The van der Waals surface area contributed by atoms with Gasteiger partial charge in [0.1, 0.15) is 12.1 Å². The summed E-state index contributed by atoms with van der Waals surface area (Å²) in [6.07, 6.45) is 11.3. The Kier molecular flexibility index (Phi) is 12.0. The van der Waals surface area contributed by atoms with Crippen molar-refractivity contribution in [2.24, 2.45) is 23.7 Å². The number of cyclic esters (lactones) is 1. The lowest BCUT2D eigenvalue weighted by atomic mass is 9.85. The molecule has 3 aliphatic heterocycles. The number of nitrogens with zero attached hydrogens (tertiary/aromatic N) is 1. The molecule has 3 heterocycles. The first kappa shape index (κ1) is 34.1. The third-order valence-electron chi connectivity index (χ3n) is 9.88. The maximum atomic E-state index is 14.2. The lowest BCUT2D eigenvalue weighted by Crippen LogP contribution is -2.62. The van der Waals surface area contributed by atoms with Gasteiger partial charge in [-0.25, -0.2) is 4.79 Å². The SMILES string of the molecule is CC[C@H](Cc1ccccc1)[C@@H]1/C=C/C/C=C/C[C@@H](C)[C@H](O)[C@@H](C)[C@@H]2CC[C@@H](C)C(=O)C(O)(O2)C(=O)N2CCCCC2C(=O)O1. The van der Waals surface area contributed by atoms with Crippen molar-refractivity contribution in [3.8, 4) is 0 Å². The molecule has 1 aromatic carbocycles. The maximum absolute atomic E-state index is 14.2. The van der Waals surface area contributed by atoms with E-state index in [0.29, 0.717) is 44.9 Å². The van der Waals surface area contributed by atoms with Gasteiger partial charge in [0.05, 0.1) is 12.2 Å². The number of Topliss-reactive ketones (excluding diaryl/α,β-unsaturated/α-hetero) is 1. The normalized spacial score (nSPS) is 36.6. The molecule has 2 unspecified atom stereocenters. The van der Waals surface area contributed by atoms with E-state index in [1.54, 1.807) is 6.92 Å². The van der Waals surface area contributed by atoms with Crippen LogP contribution in [-0.2, 0) is 30.3 Å². The number of fused-ring (bicyclic) bond motifs is 3. The number of carbonyl (C=O) groups excluding carboxylic acids is 3. The standard InChI is InChI=1S/C36H51NO7/c1-5-28(23-27-16-10-8-11-17-27)31-19-12-7-6-9-15-24(2)32(38)26(4)30-21-20-25(3)33(39)36(42,44-30)35(41)37-22-14-13-18-29(37)34(40)43-31/h6,8-12,16-17,19,24-26,28-32,38,42H,5,7,13-15,18,20-23H2,1-4H3/b9-6+,19-12+/t24-,25-,26+,28-,29?,30+,31+,32+,36?/m1/s1. The summed E-state index contributed by atoms with van der Waals surface area (Å²) in [7, 11) is 0. The van der Waals surface area contributed by atoms with E-state index < -0.39 is 59.6 Å². The summed E-state index contributed by atoms with van der Waals surface area (Å²) in [5.41, 5.74) is 1.15. The highest BCUT2D eigenvalue weighted by atomic mass is 16.6. The zero-order valence-electron chi connectivity index (χ0n) is 26.8. The maximum Gasteiger partial charge on any atom is 0.329 e. The van der Waals surface area contributed by atoms with E-state index in [0.717, 1.165) is 18.4 Å². The van der Waals surface area contributed by atoms with Crippen LogP contribution in [-0.4, -0.2) is 69.5 Å². The molecule has 3 aliphatic rings. The molecule has 4 rings (SSSR count). The van der Waals surface area contributed by atoms with Gasteiger partial charge < -0.3 is 24.6 Å². The van der Waals surface area contributed by atoms with Gasteiger partial charge in [-0.3, -0.25) is 9.59 Å². The van der Waals surface area contributed by atoms with Crippen molar-refractivity contribution in [2.75, 3.05) is 6.54 Å². The monoisotopic (exact) mass is 609 g/mol. The summed E-state index contributed by atoms with van der Waals surface area (Å²) in [5, 5.41) is 23.0. The fourth-order valence-electron chi connectivity index (χ4n) is 6.85. The van der Waals surface area contributed by atoms with Crippen LogP contribution in [0, 0.1) is 23.7 Å². The molecule has 9 atom stereocenters. The van der Waals surface area contributed by atoms with Gasteiger partial charge in [-0.15, -0.1) is 0 Å². The molecule has 0 aliphatic carbocycles. The van der Waals surface area contributed by atoms with Gasteiger partial charge in [-0.2, -0.15) is 0 Å². The third-order valence-corrected chi connectivity index (χ3v) is 9.88. The second-order valence-corrected chi connectivity index (χ2v) is 13.1. The summed E-state index contributed by atoms with van der Waals surface area (Å²) in [4.78, 5) is 42.9. The number of esters is 1. The zero-order valence-corrected chi connectivity index (χ0v) is 26.8. The Labute approximate surface area is 262 Å². The van der Waals surface area contributed by atoms with Crippen molar-refractivity contribution in [1.82, 2.24) is 4.90 Å². The first-order chi connectivity index (χ1) is 21.1. The van der Waals surface area contributed by atoms with Crippen LogP contribution >= 0.6 is 0 Å². The number of rotatable bonds is 4. The van der Waals surface area contributed by atoms with Crippen molar-refractivity contribution < 1.29 is 34.1 Å². The molecule has 242 valence electrons. The molecule has 0 spiro atoms. The Bertz CT molecular complexity index is 1180. The molecule has 0 radical (unpaired) electrons. The Morgan fingerprint density at radius 2 is 1.75 bits per heavy atom. The fourth-order valence-corrected chi connectivity index (χ4v) is 6.85. The van der Waals surface area contributed by atoms with E-state index in [2.05, 4.69) is 19.1 Å². The van der Waals surface area contributed by atoms with Crippen LogP contribution in [0.1, 0.15) is 84.6 Å². The van der Waals surface area contributed by atoms with Crippen LogP contribution in [0.2, 0.25) is 0 Å². The number of ether oxygens (including phenoxy) is 2. The predicted octanol–water partition coefficient (Wildman–Crippen LogP) is 5.16. The van der Waals surface area contributed by atoms with Gasteiger partial charge in [0, 0.05) is 24.3 Å². The molecule has 0 aromatic heterocycles. The Hall–Kier alpha value is -2.81. The molecular formula is C36H51NO7. The number of aliphatic hydroxyl groups excluding tert-OH is 1. The van der Waals surface area contributed by atoms with Gasteiger partial charge >= 0.3 is 11.8 Å². The number of allylic oxidation sites excluding steroid dienone is 3. The van der Waals surface area contributed by atoms with Crippen molar-refractivity contribution in [2.45, 2.75) is 116 Å². The van der Waals surface area contributed by atoms with Gasteiger partial charge in [-0.1, -0.05) is 76.3 Å². The Morgan fingerprint density at radius 1 is 1.00 bits per heavy atom. The van der Waals surface area contributed by atoms with Crippen molar-refractivity contribution in [1.29, 1.82) is 0 Å². The van der Waals surface area contributed by atoms with E-state index in [1.165, 1.54) is 4.90 Å². The molecule has 2 N–H and O–H groups in total. The number of hydrogen-bond donors (Lipinski definition) is 2. The predicted molar refractivity (Wildman–Crippen MR) is 168 cm³/mol. The van der Waals surface area contributed by atoms with E-state index >= 15 is 0 Å². The summed E-state index contributed by atoms with van der Waals surface area (Å²) in [6, 6.07) is 9.15. The van der Waals surface area contributed by atoms with Crippen LogP contribution in [0.15, 0.2) is 54.6 Å². The number of carbonyl (C=O) groups is 3. The highest BCUT2D eigenvalue weighted by Gasteiger charge is 2.55. The molecule has 1 amide bonds. The fraction of sp³-hybridized carbons (Fsp3) is 0.639. The first-order valence-corrected chi connectivity index (χ1v) is 16.6. The molecule has 44 heavy (non-hydrogen) atoms. The van der Waals surface area contributed by atoms with Crippen molar-refractivity contribution >= 4 is 17.7 Å². The Morgan fingerprint density at radius 3 is 2.48 bits per heavy atom. The molecule has 2 bridgehead atoms. The topological polar surface area (TPSA) is 113 Å². The van der Waals surface area contributed by atoms with Crippen LogP contribution in [0.4, 0.5) is 0 Å². The second-order valence-electron chi connectivity index (χ2n) is 13.1. The van der Waals surface area contributed by atoms with Gasteiger partial charge in [-0.05, 0) is 75.3 Å². The largest absolute Gasteiger partial charge is 0.456 e. The average Bonchev–Trinajstić information content (AvgIpc) is 3.15. The molecule has 2 fully saturated rings. The molecule has 8 heteroatoms. The first-order valence-electron chi connectivity index (χ1n) is 16.6. The summed E-state index contributed by atoms with van der Waals surface area (Å²) < 4.78 is 12.3. The number of ketones is 1. The minimum Gasteiger partial charge on any atom is -0.456 e. The van der Waals surface area contributed by atoms with E-state index in [1.807, 2.05) is 56.4 Å². The number of aliphatic hydroxyl groups is 2. The summed E-state index contributed by atoms with van der Waals surface area (Å²) in [6.45, 7) is 7.77. The molecule has 0 saturated carbocycles. The lowest BCUT2D eigenvalue weighted by Gasteiger charge is -2.40. The van der Waals surface area contributed by atoms with Crippen molar-refractivity contribution in [3.63, 3.8) is 0 Å². The summed E-state index contributed by atoms with van der Waals surface area (Å²) >= 11 is 0. The Balaban J connectivity index is 1.71. The summed E-state index contributed by atoms with van der Waals surface area (Å²) in [5.74, 6) is -6.05. The zero-order chi connectivity index (χ0) is 31.9. The number of amides is 1. The highest BCUT2D eigenvalue weighted by Crippen LogP contribution is 2.35. The average molecular weight is 610 g/mol. The minimum atomic E-state index is -2.74. The van der Waals surface area contributed by atoms with Crippen LogP contribution in [0.5, 0.6) is 0 Å². The highest BCUT2D eigenvalue weighted by molar-refractivity contribution is 6.09. The molecule has 8 nitrogen and oxygen atoms in total. The van der Waals surface area contributed by atoms with Gasteiger partial charge in [0.15, 0.2) is 0 Å². The molecule has 2 saturated heterocycles. The molecular weight excluding hydrogens is 558 g/mol. The smallest absolute Gasteiger partial charge is 0.329 e. The quantitative estimate of drug-likeness (QED) is 0.275. The third kappa shape index (κ3) is 7.88. The lowest BCUT2D eigenvalue weighted by molar-refractivity contribution is -0.237. The van der Waals surface area contributed by atoms with Crippen LogP contribution < -0.4 is 0 Å². The van der Waals surface area contributed by atoms with Crippen molar-refractivity contribution in [3.05, 3.63) is 60.2 Å². The van der Waals surface area contributed by atoms with Crippen LogP contribution in [0.25, 0.3) is 0 Å². The number of piperidine rings is 1. The van der Waals surface area contributed by atoms with E-state index in [9.17, 15) is 24.6 Å². The number of benzene rings is 1. The second kappa shape index (κ2) is 15.5. The van der Waals surface area contributed by atoms with Gasteiger partial charge in [0.2, 0.25) is 5.78 Å². The van der Waals surface area contributed by atoms with Crippen LogP contribution in [0.3, 0.4) is 0 Å².